The Bertz CT molecular complexity index is 968. The van der Waals surface area contributed by atoms with E-state index in [0.29, 0.717) is 51.2 Å². The predicted octanol–water partition coefficient (Wildman–Crippen LogP) is 4.70. The Kier molecular flexibility index (Phi) is 4.73. The zero-order valence-electron chi connectivity index (χ0n) is 13.6. The van der Waals surface area contributed by atoms with Crippen LogP contribution in [0, 0.1) is 5.82 Å². The van der Waals surface area contributed by atoms with E-state index in [9.17, 15) is 9.18 Å². The third kappa shape index (κ3) is 3.24. The van der Waals surface area contributed by atoms with Gasteiger partial charge in [-0.2, -0.15) is 0 Å². The highest BCUT2D eigenvalue weighted by Gasteiger charge is 2.26. The van der Waals surface area contributed by atoms with E-state index < -0.39 is 0 Å². The van der Waals surface area contributed by atoms with Crippen LogP contribution >= 0.6 is 34.5 Å². The predicted molar refractivity (Wildman–Crippen MR) is 104 cm³/mol. The van der Waals surface area contributed by atoms with Crippen molar-refractivity contribution >= 4 is 56.3 Å². The van der Waals surface area contributed by atoms with E-state index in [4.69, 9.17) is 23.2 Å². The molecule has 0 N–H and O–H groups in total. The molecule has 1 aliphatic heterocycles. The van der Waals surface area contributed by atoms with Gasteiger partial charge in [0, 0.05) is 42.5 Å². The summed E-state index contributed by atoms with van der Waals surface area (Å²) in [7, 11) is 0. The van der Waals surface area contributed by atoms with Crippen LogP contribution in [0.1, 0.15) is 9.67 Å². The number of thiophene rings is 1. The van der Waals surface area contributed by atoms with Gasteiger partial charge in [-0.15, -0.1) is 11.3 Å². The number of fused-ring (bicyclic) bond motifs is 1. The highest BCUT2D eigenvalue weighted by molar-refractivity contribution is 7.21. The first-order chi connectivity index (χ1) is 12.5. The topological polar surface area (TPSA) is 36.4 Å². The molecule has 1 aliphatic rings. The van der Waals surface area contributed by atoms with Gasteiger partial charge in [0.2, 0.25) is 0 Å². The van der Waals surface area contributed by atoms with Gasteiger partial charge >= 0.3 is 0 Å². The number of aromatic nitrogens is 1. The van der Waals surface area contributed by atoms with E-state index in [1.54, 1.807) is 23.2 Å². The Morgan fingerprint density at radius 1 is 1.12 bits per heavy atom. The number of benzene rings is 1. The number of amides is 1. The lowest BCUT2D eigenvalue weighted by atomic mass is 10.2. The van der Waals surface area contributed by atoms with Crippen molar-refractivity contribution in [1.29, 1.82) is 0 Å². The fourth-order valence-electron chi connectivity index (χ4n) is 3.01. The van der Waals surface area contributed by atoms with E-state index in [1.165, 1.54) is 23.5 Å². The standard InChI is InChI=1S/C18H14Cl2FN3OS/c19-11-1-4-15(22-10-11)23-5-7-24(8-6-23)18(25)17-16(20)13-3-2-12(21)9-14(13)26-17/h1-4,9-10H,5-8H2. The second-order valence-electron chi connectivity index (χ2n) is 6.00. The summed E-state index contributed by atoms with van der Waals surface area (Å²) in [5.41, 5.74) is 0. The Hall–Kier alpha value is -1.89. The van der Waals surface area contributed by atoms with Crippen molar-refractivity contribution in [2.45, 2.75) is 0 Å². The van der Waals surface area contributed by atoms with Crippen LogP contribution in [0.4, 0.5) is 10.2 Å². The second kappa shape index (κ2) is 7.02. The van der Waals surface area contributed by atoms with Crippen LogP contribution in [0.2, 0.25) is 10.0 Å². The molecular formula is C18H14Cl2FN3OS. The zero-order valence-corrected chi connectivity index (χ0v) is 15.9. The summed E-state index contributed by atoms with van der Waals surface area (Å²) in [5.74, 6) is 0.399. The van der Waals surface area contributed by atoms with Crippen LogP contribution in [0.25, 0.3) is 10.1 Å². The quantitative estimate of drug-likeness (QED) is 0.614. The van der Waals surface area contributed by atoms with Gasteiger partial charge in [-0.1, -0.05) is 23.2 Å². The molecule has 2 aromatic heterocycles. The van der Waals surface area contributed by atoms with Crippen molar-refractivity contribution < 1.29 is 9.18 Å². The largest absolute Gasteiger partial charge is 0.353 e. The molecule has 0 spiro atoms. The summed E-state index contributed by atoms with van der Waals surface area (Å²) < 4.78 is 14.1. The molecule has 26 heavy (non-hydrogen) atoms. The van der Waals surface area contributed by atoms with Crippen molar-refractivity contribution in [3.63, 3.8) is 0 Å². The molecule has 0 unspecified atom stereocenters. The molecule has 1 amide bonds. The third-order valence-electron chi connectivity index (χ3n) is 4.39. The molecule has 0 atom stereocenters. The maximum atomic E-state index is 13.4. The van der Waals surface area contributed by atoms with Crippen LogP contribution < -0.4 is 4.90 Å². The number of rotatable bonds is 2. The molecule has 1 aromatic carbocycles. The summed E-state index contributed by atoms with van der Waals surface area (Å²) in [4.78, 5) is 21.5. The van der Waals surface area contributed by atoms with Gasteiger partial charge in [-0.3, -0.25) is 4.79 Å². The Balaban J connectivity index is 1.50. The van der Waals surface area contributed by atoms with Crippen molar-refractivity contribution in [1.82, 2.24) is 9.88 Å². The molecule has 3 heterocycles. The first-order valence-electron chi connectivity index (χ1n) is 8.06. The SMILES string of the molecule is O=C(c1sc2cc(F)ccc2c1Cl)N1CCN(c2ccc(Cl)cn2)CC1. The van der Waals surface area contributed by atoms with Gasteiger partial charge in [0.05, 0.1) is 10.0 Å². The summed E-state index contributed by atoms with van der Waals surface area (Å²) in [5, 5.41) is 1.71. The van der Waals surface area contributed by atoms with Crippen LogP contribution in [-0.2, 0) is 0 Å². The number of anilines is 1. The number of halogens is 3. The van der Waals surface area contributed by atoms with E-state index in [1.807, 2.05) is 6.07 Å². The number of carbonyl (C=O) groups excluding carboxylic acids is 1. The van der Waals surface area contributed by atoms with Crippen molar-refractivity contribution in [2.75, 3.05) is 31.1 Å². The van der Waals surface area contributed by atoms with Gasteiger partial charge in [-0.05, 0) is 30.3 Å². The van der Waals surface area contributed by atoms with Crippen molar-refractivity contribution in [3.8, 4) is 0 Å². The maximum absolute atomic E-state index is 13.4. The van der Waals surface area contributed by atoms with Gasteiger partial charge in [-0.25, -0.2) is 9.37 Å². The molecule has 0 saturated carbocycles. The van der Waals surface area contributed by atoms with Gasteiger partial charge in [0.1, 0.15) is 16.5 Å². The fourth-order valence-corrected chi connectivity index (χ4v) is 4.63. The number of carbonyl (C=O) groups is 1. The average molecular weight is 410 g/mol. The van der Waals surface area contributed by atoms with Crippen molar-refractivity contribution in [2.24, 2.45) is 0 Å². The Labute approximate surface area is 163 Å². The molecular weight excluding hydrogens is 396 g/mol. The average Bonchev–Trinajstić information content (AvgIpc) is 2.98. The highest BCUT2D eigenvalue weighted by atomic mass is 35.5. The lowest BCUT2D eigenvalue weighted by Crippen LogP contribution is -2.48. The smallest absolute Gasteiger partial charge is 0.265 e. The maximum Gasteiger partial charge on any atom is 0.265 e. The molecule has 0 radical (unpaired) electrons. The normalized spacial score (nSPS) is 14.9. The summed E-state index contributed by atoms with van der Waals surface area (Å²) in [6.07, 6.45) is 1.62. The minimum Gasteiger partial charge on any atom is -0.353 e. The Morgan fingerprint density at radius 3 is 2.58 bits per heavy atom. The second-order valence-corrected chi connectivity index (χ2v) is 7.87. The lowest BCUT2D eigenvalue weighted by molar-refractivity contribution is 0.0751. The van der Waals surface area contributed by atoms with Crippen LogP contribution in [0.15, 0.2) is 36.5 Å². The lowest BCUT2D eigenvalue weighted by Gasteiger charge is -2.35. The van der Waals surface area contributed by atoms with Crippen LogP contribution in [0.3, 0.4) is 0 Å². The molecule has 1 saturated heterocycles. The molecule has 4 rings (SSSR count). The van der Waals surface area contributed by atoms with E-state index in [0.717, 1.165) is 5.82 Å². The number of hydrogen-bond acceptors (Lipinski definition) is 4. The summed E-state index contributed by atoms with van der Waals surface area (Å²) >= 11 is 13.5. The molecule has 1 fully saturated rings. The van der Waals surface area contributed by atoms with E-state index >= 15 is 0 Å². The van der Waals surface area contributed by atoms with Gasteiger partial charge < -0.3 is 9.80 Å². The number of hydrogen-bond donors (Lipinski definition) is 0. The van der Waals surface area contributed by atoms with Crippen molar-refractivity contribution in [3.05, 3.63) is 57.3 Å². The third-order valence-corrected chi connectivity index (χ3v) is 6.26. The monoisotopic (exact) mass is 409 g/mol. The highest BCUT2D eigenvalue weighted by Crippen LogP contribution is 2.36. The van der Waals surface area contributed by atoms with Crippen LogP contribution in [-0.4, -0.2) is 42.0 Å². The number of pyridine rings is 1. The first kappa shape index (κ1) is 17.5. The van der Waals surface area contributed by atoms with Gasteiger partial charge in [0.15, 0.2) is 0 Å². The zero-order chi connectivity index (χ0) is 18.3. The molecule has 4 nitrogen and oxygen atoms in total. The molecule has 8 heteroatoms. The molecule has 3 aromatic rings. The van der Waals surface area contributed by atoms with E-state index in [-0.39, 0.29) is 11.7 Å². The minimum absolute atomic E-state index is 0.111. The summed E-state index contributed by atoms with van der Waals surface area (Å²) in [6, 6.07) is 8.05. The van der Waals surface area contributed by atoms with Crippen LogP contribution in [0.5, 0.6) is 0 Å². The molecule has 0 bridgehead atoms. The van der Waals surface area contributed by atoms with Gasteiger partial charge in [0.25, 0.3) is 5.91 Å². The Morgan fingerprint density at radius 2 is 1.88 bits per heavy atom. The summed E-state index contributed by atoms with van der Waals surface area (Å²) in [6.45, 7) is 2.50. The fraction of sp³-hybridized carbons (Fsp3) is 0.222. The number of nitrogens with zero attached hydrogens (tertiary/aromatic N) is 3. The van der Waals surface area contributed by atoms with E-state index in [2.05, 4.69) is 9.88 Å². The molecule has 134 valence electrons. The number of piperazine rings is 1. The minimum atomic E-state index is -0.335. The first-order valence-corrected chi connectivity index (χ1v) is 9.63. The molecule has 0 aliphatic carbocycles.